The molecule has 3 aromatic rings. The molecular formula is C22H22N4O2. The van der Waals surface area contributed by atoms with Crippen molar-refractivity contribution in [2.24, 2.45) is 0 Å². The summed E-state index contributed by atoms with van der Waals surface area (Å²) in [6, 6.07) is 11.5. The summed E-state index contributed by atoms with van der Waals surface area (Å²) in [5.74, 6) is 0.848. The first-order valence-corrected chi connectivity index (χ1v) is 9.49. The summed E-state index contributed by atoms with van der Waals surface area (Å²) < 4.78 is 0. The highest BCUT2D eigenvalue weighted by atomic mass is 16.1. The van der Waals surface area contributed by atoms with Crippen LogP contribution in [0.3, 0.4) is 0 Å². The quantitative estimate of drug-likeness (QED) is 0.665. The molecule has 6 nitrogen and oxygen atoms in total. The first kappa shape index (κ1) is 18.2. The number of hydrogen-bond donors (Lipinski definition) is 1. The van der Waals surface area contributed by atoms with Crippen molar-refractivity contribution in [1.29, 1.82) is 0 Å². The van der Waals surface area contributed by atoms with Crippen molar-refractivity contribution >= 4 is 5.78 Å². The Bertz CT molecular complexity index is 1050. The highest BCUT2D eigenvalue weighted by Gasteiger charge is 2.46. The fraction of sp³-hybridized carbons (Fsp3) is 0.318. The van der Waals surface area contributed by atoms with Crippen LogP contribution in [0.1, 0.15) is 60.6 Å². The minimum absolute atomic E-state index is 0.131. The molecule has 1 N–H and O–H groups in total. The number of rotatable bonds is 6. The summed E-state index contributed by atoms with van der Waals surface area (Å²) in [6.07, 6.45) is 5.42. The Morgan fingerprint density at radius 2 is 1.82 bits per heavy atom. The fourth-order valence-electron chi connectivity index (χ4n) is 3.47. The molecule has 0 saturated heterocycles. The number of hydrogen-bond acceptors (Lipinski definition) is 5. The second-order valence-corrected chi connectivity index (χ2v) is 7.71. The van der Waals surface area contributed by atoms with Crippen LogP contribution < -0.4 is 5.56 Å². The second-order valence-electron chi connectivity index (χ2n) is 7.71. The van der Waals surface area contributed by atoms with Gasteiger partial charge in [0, 0.05) is 30.3 Å². The Hall–Kier alpha value is -3.15. The lowest BCUT2D eigenvalue weighted by Crippen LogP contribution is -2.19. The summed E-state index contributed by atoms with van der Waals surface area (Å²) in [4.78, 5) is 40.1. The van der Waals surface area contributed by atoms with Gasteiger partial charge < -0.3 is 4.98 Å². The Morgan fingerprint density at radius 3 is 2.43 bits per heavy atom. The third-order valence-electron chi connectivity index (χ3n) is 5.35. The van der Waals surface area contributed by atoms with E-state index in [1.807, 2.05) is 0 Å². The molecule has 1 fully saturated rings. The van der Waals surface area contributed by atoms with Gasteiger partial charge in [0.15, 0.2) is 17.4 Å². The largest absolute Gasteiger partial charge is 0.304 e. The standard InChI is InChI=1S/C22H22N4O2/c1-14(2)15-4-6-16(7-5-15)22(8-9-22)13-18(27)17-12-19(28)26-21(25-17)20-23-10-3-11-24-20/h3-7,10-12,14H,8-9,13H2,1-2H3,(H,25,26,28). The smallest absolute Gasteiger partial charge is 0.251 e. The summed E-state index contributed by atoms with van der Waals surface area (Å²) in [7, 11) is 0. The summed E-state index contributed by atoms with van der Waals surface area (Å²) in [5, 5.41) is 0. The van der Waals surface area contributed by atoms with Crippen LogP contribution in [0.2, 0.25) is 0 Å². The van der Waals surface area contributed by atoms with Crippen LogP contribution in [-0.4, -0.2) is 25.7 Å². The molecule has 0 radical (unpaired) electrons. The molecule has 1 saturated carbocycles. The zero-order valence-corrected chi connectivity index (χ0v) is 16.0. The first-order valence-electron chi connectivity index (χ1n) is 9.49. The molecule has 6 heteroatoms. The van der Waals surface area contributed by atoms with Gasteiger partial charge in [0.2, 0.25) is 0 Å². The Kier molecular flexibility index (Phi) is 4.63. The van der Waals surface area contributed by atoms with Crippen molar-refractivity contribution < 1.29 is 4.79 Å². The van der Waals surface area contributed by atoms with E-state index in [1.54, 1.807) is 18.5 Å². The Labute approximate surface area is 163 Å². The summed E-state index contributed by atoms with van der Waals surface area (Å²) in [5.41, 5.74) is 2.11. The lowest BCUT2D eigenvalue weighted by molar-refractivity contribution is 0.0965. The van der Waals surface area contributed by atoms with Gasteiger partial charge in [-0.15, -0.1) is 0 Å². The number of H-pyrrole nitrogens is 1. The molecule has 2 heterocycles. The van der Waals surface area contributed by atoms with Crippen molar-refractivity contribution in [3.8, 4) is 11.6 Å². The molecule has 1 aliphatic carbocycles. The molecule has 0 unspecified atom stereocenters. The molecule has 2 aromatic heterocycles. The molecule has 0 aliphatic heterocycles. The number of benzene rings is 1. The van der Waals surface area contributed by atoms with E-state index in [4.69, 9.17) is 0 Å². The van der Waals surface area contributed by atoms with Gasteiger partial charge in [0.25, 0.3) is 5.56 Å². The average molecular weight is 374 g/mol. The number of Topliss-reactive ketones (excluding diaryl/α,β-unsaturated/α-hetero) is 1. The molecular weight excluding hydrogens is 352 g/mol. The lowest BCUT2D eigenvalue weighted by Gasteiger charge is -2.16. The maximum absolute atomic E-state index is 12.9. The topological polar surface area (TPSA) is 88.6 Å². The zero-order chi connectivity index (χ0) is 19.7. The second kappa shape index (κ2) is 7.11. The van der Waals surface area contributed by atoms with Crippen molar-refractivity contribution in [3.63, 3.8) is 0 Å². The maximum Gasteiger partial charge on any atom is 0.251 e. The van der Waals surface area contributed by atoms with Crippen molar-refractivity contribution in [2.75, 3.05) is 0 Å². The van der Waals surface area contributed by atoms with E-state index in [2.05, 4.69) is 58.0 Å². The third kappa shape index (κ3) is 3.63. The predicted octanol–water partition coefficient (Wildman–Crippen LogP) is 3.65. The molecule has 0 amide bonds. The molecule has 0 atom stereocenters. The summed E-state index contributed by atoms with van der Waals surface area (Å²) in [6.45, 7) is 4.33. The number of aromatic amines is 1. The number of carbonyl (C=O) groups is 1. The van der Waals surface area contributed by atoms with Crippen LogP contribution in [0, 0.1) is 0 Å². The van der Waals surface area contributed by atoms with Crippen LogP contribution in [0.25, 0.3) is 11.6 Å². The molecule has 0 spiro atoms. The molecule has 142 valence electrons. The number of nitrogens with zero attached hydrogens (tertiary/aromatic N) is 3. The number of aromatic nitrogens is 4. The molecule has 1 aliphatic rings. The normalized spacial score (nSPS) is 14.8. The van der Waals surface area contributed by atoms with Crippen molar-refractivity contribution in [3.05, 3.63) is 76.0 Å². The van der Waals surface area contributed by atoms with Gasteiger partial charge in [-0.05, 0) is 36.0 Å². The maximum atomic E-state index is 12.9. The van der Waals surface area contributed by atoms with Gasteiger partial charge in [0.1, 0.15) is 5.69 Å². The number of ketones is 1. The minimum atomic E-state index is -0.382. The van der Waals surface area contributed by atoms with Crippen molar-refractivity contribution in [1.82, 2.24) is 19.9 Å². The van der Waals surface area contributed by atoms with Crippen LogP contribution in [-0.2, 0) is 5.41 Å². The first-order chi connectivity index (χ1) is 13.5. The minimum Gasteiger partial charge on any atom is -0.304 e. The number of carbonyl (C=O) groups excluding carboxylic acids is 1. The van der Waals surface area contributed by atoms with Crippen LogP contribution >= 0.6 is 0 Å². The van der Waals surface area contributed by atoms with Gasteiger partial charge in [-0.1, -0.05) is 38.1 Å². The highest BCUT2D eigenvalue weighted by Crippen LogP contribution is 2.51. The molecule has 28 heavy (non-hydrogen) atoms. The highest BCUT2D eigenvalue weighted by molar-refractivity contribution is 5.95. The van der Waals surface area contributed by atoms with E-state index in [9.17, 15) is 9.59 Å². The molecule has 0 bridgehead atoms. The van der Waals surface area contributed by atoms with Gasteiger partial charge in [-0.25, -0.2) is 15.0 Å². The van der Waals surface area contributed by atoms with Crippen LogP contribution in [0.15, 0.2) is 53.6 Å². The summed E-state index contributed by atoms with van der Waals surface area (Å²) >= 11 is 0. The van der Waals surface area contributed by atoms with E-state index in [0.29, 0.717) is 18.2 Å². The number of nitrogens with one attached hydrogen (secondary N) is 1. The van der Waals surface area contributed by atoms with E-state index in [0.717, 1.165) is 12.8 Å². The third-order valence-corrected chi connectivity index (χ3v) is 5.35. The van der Waals surface area contributed by atoms with E-state index in [-0.39, 0.29) is 28.3 Å². The van der Waals surface area contributed by atoms with Gasteiger partial charge in [-0.2, -0.15) is 0 Å². The van der Waals surface area contributed by atoms with Gasteiger partial charge in [-0.3, -0.25) is 9.59 Å². The molecule has 1 aromatic carbocycles. The Morgan fingerprint density at radius 1 is 1.14 bits per heavy atom. The van der Waals surface area contributed by atoms with Gasteiger partial charge >= 0.3 is 0 Å². The average Bonchev–Trinajstić information content (AvgIpc) is 3.49. The Balaban J connectivity index is 1.58. The van der Waals surface area contributed by atoms with Gasteiger partial charge in [0.05, 0.1) is 0 Å². The zero-order valence-electron chi connectivity index (χ0n) is 16.0. The van der Waals surface area contributed by atoms with Crippen molar-refractivity contribution in [2.45, 2.75) is 44.4 Å². The molecule has 4 rings (SSSR count). The SMILES string of the molecule is CC(C)c1ccc(C2(CC(=O)c3cc(=O)[nH]c(-c4ncccn4)n3)CC2)cc1. The van der Waals surface area contributed by atoms with E-state index in [1.165, 1.54) is 17.2 Å². The monoisotopic (exact) mass is 374 g/mol. The fourth-order valence-corrected chi connectivity index (χ4v) is 3.47. The lowest BCUT2D eigenvalue weighted by atomic mass is 9.88. The van der Waals surface area contributed by atoms with Crippen LogP contribution in [0.5, 0.6) is 0 Å². The predicted molar refractivity (Wildman–Crippen MR) is 106 cm³/mol. The van der Waals surface area contributed by atoms with E-state index < -0.39 is 0 Å². The van der Waals surface area contributed by atoms with E-state index >= 15 is 0 Å². The van der Waals surface area contributed by atoms with Crippen LogP contribution in [0.4, 0.5) is 0 Å².